The Morgan fingerprint density at radius 3 is 2.65 bits per heavy atom. The SMILES string of the molecule is Cc1ccccc1-n1c(COc2ccc(Cl)cc2)nnc1SCC(=O)NC1CCCC1. The minimum absolute atomic E-state index is 0.0372. The van der Waals surface area contributed by atoms with Crippen molar-refractivity contribution in [1.82, 2.24) is 20.1 Å². The van der Waals surface area contributed by atoms with Crippen molar-refractivity contribution >= 4 is 29.3 Å². The largest absolute Gasteiger partial charge is 0.486 e. The fourth-order valence-electron chi connectivity index (χ4n) is 3.69. The van der Waals surface area contributed by atoms with Gasteiger partial charge in [0.15, 0.2) is 11.0 Å². The molecule has 1 N–H and O–H groups in total. The summed E-state index contributed by atoms with van der Waals surface area (Å²) in [7, 11) is 0. The topological polar surface area (TPSA) is 69.0 Å². The van der Waals surface area contributed by atoms with Gasteiger partial charge in [-0.1, -0.05) is 54.4 Å². The van der Waals surface area contributed by atoms with Crippen LogP contribution < -0.4 is 10.1 Å². The van der Waals surface area contributed by atoms with Crippen LogP contribution in [0.4, 0.5) is 0 Å². The second-order valence-corrected chi connectivity index (χ2v) is 8.98. The highest BCUT2D eigenvalue weighted by Crippen LogP contribution is 2.26. The van der Waals surface area contributed by atoms with E-state index in [0.717, 1.165) is 24.1 Å². The highest BCUT2D eigenvalue weighted by Gasteiger charge is 2.20. The van der Waals surface area contributed by atoms with Crippen molar-refractivity contribution in [1.29, 1.82) is 0 Å². The molecule has 2 aromatic carbocycles. The summed E-state index contributed by atoms with van der Waals surface area (Å²) >= 11 is 7.34. The highest BCUT2D eigenvalue weighted by molar-refractivity contribution is 7.99. The number of nitrogens with zero attached hydrogens (tertiary/aromatic N) is 3. The number of nitrogens with one attached hydrogen (secondary N) is 1. The lowest BCUT2D eigenvalue weighted by molar-refractivity contribution is -0.119. The molecule has 162 valence electrons. The van der Waals surface area contributed by atoms with Crippen molar-refractivity contribution in [3.05, 3.63) is 64.9 Å². The minimum atomic E-state index is 0.0372. The van der Waals surface area contributed by atoms with Crippen molar-refractivity contribution in [2.45, 2.75) is 50.4 Å². The molecule has 31 heavy (non-hydrogen) atoms. The molecule has 0 spiro atoms. The van der Waals surface area contributed by atoms with Crippen LogP contribution in [0.1, 0.15) is 37.1 Å². The zero-order valence-corrected chi connectivity index (χ0v) is 19.0. The van der Waals surface area contributed by atoms with Gasteiger partial charge in [0.1, 0.15) is 12.4 Å². The van der Waals surface area contributed by atoms with E-state index in [1.807, 2.05) is 47.9 Å². The number of aromatic nitrogens is 3. The molecule has 6 nitrogen and oxygen atoms in total. The Morgan fingerprint density at radius 1 is 1.16 bits per heavy atom. The summed E-state index contributed by atoms with van der Waals surface area (Å²) in [4.78, 5) is 12.4. The number of rotatable bonds is 8. The van der Waals surface area contributed by atoms with E-state index in [0.29, 0.717) is 33.5 Å². The zero-order valence-electron chi connectivity index (χ0n) is 17.4. The van der Waals surface area contributed by atoms with Gasteiger partial charge in [-0.05, 0) is 55.7 Å². The van der Waals surface area contributed by atoms with Crippen LogP contribution in [0.3, 0.4) is 0 Å². The van der Waals surface area contributed by atoms with Gasteiger partial charge >= 0.3 is 0 Å². The number of aryl methyl sites for hydroxylation is 1. The molecule has 1 heterocycles. The molecule has 0 unspecified atom stereocenters. The smallest absolute Gasteiger partial charge is 0.230 e. The standard InChI is InChI=1S/C23H25ClN4O2S/c1-16-6-2-5-9-20(16)28-21(14-30-19-12-10-17(24)11-13-19)26-27-23(28)31-15-22(29)25-18-7-3-4-8-18/h2,5-6,9-13,18H,3-4,7-8,14-15H2,1H3,(H,25,29). The van der Waals surface area contributed by atoms with Gasteiger partial charge in [0.25, 0.3) is 0 Å². The molecule has 1 amide bonds. The molecular formula is C23H25ClN4O2S. The molecule has 0 atom stereocenters. The number of ether oxygens (including phenoxy) is 1. The molecule has 1 saturated carbocycles. The molecule has 0 radical (unpaired) electrons. The van der Waals surface area contributed by atoms with Gasteiger partial charge < -0.3 is 10.1 Å². The third-order valence-corrected chi connectivity index (χ3v) is 6.47. The number of benzene rings is 2. The number of carbonyl (C=O) groups is 1. The van der Waals surface area contributed by atoms with Crippen molar-refractivity contribution in [3.8, 4) is 11.4 Å². The Hall–Kier alpha value is -2.51. The average molecular weight is 457 g/mol. The Balaban J connectivity index is 1.51. The Labute approximate surface area is 191 Å². The fourth-order valence-corrected chi connectivity index (χ4v) is 4.59. The summed E-state index contributed by atoms with van der Waals surface area (Å²) in [5.41, 5.74) is 2.06. The van der Waals surface area contributed by atoms with E-state index in [9.17, 15) is 4.79 Å². The third kappa shape index (κ3) is 5.60. The molecule has 1 aromatic heterocycles. The summed E-state index contributed by atoms with van der Waals surface area (Å²) in [5.74, 6) is 1.71. The van der Waals surface area contributed by atoms with E-state index in [4.69, 9.17) is 16.3 Å². The van der Waals surface area contributed by atoms with Gasteiger partial charge in [0.05, 0.1) is 11.4 Å². The summed E-state index contributed by atoms with van der Waals surface area (Å²) in [6.07, 6.45) is 4.53. The van der Waals surface area contributed by atoms with Crippen LogP contribution in [0.15, 0.2) is 53.7 Å². The Kier molecular flexibility index (Phi) is 7.14. The van der Waals surface area contributed by atoms with Crippen LogP contribution in [0, 0.1) is 6.92 Å². The summed E-state index contributed by atoms with van der Waals surface area (Å²) in [6.45, 7) is 2.29. The van der Waals surface area contributed by atoms with Crippen LogP contribution in [0.25, 0.3) is 5.69 Å². The van der Waals surface area contributed by atoms with Crippen LogP contribution in [-0.2, 0) is 11.4 Å². The number of amides is 1. The van der Waals surface area contributed by atoms with Crippen molar-refractivity contribution in [2.75, 3.05) is 5.75 Å². The predicted octanol–water partition coefficient (Wildman–Crippen LogP) is 4.96. The number of para-hydroxylation sites is 1. The number of hydrogen-bond acceptors (Lipinski definition) is 5. The van der Waals surface area contributed by atoms with E-state index in [-0.39, 0.29) is 12.5 Å². The summed E-state index contributed by atoms with van der Waals surface area (Å²) in [5, 5.41) is 13.2. The van der Waals surface area contributed by atoms with Gasteiger partial charge in [-0.3, -0.25) is 9.36 Å². The fraction of sp³-hybridized carbons (Fsp3) is 0.348. The first kappa shape index (κ1) is 21.7. The van der Waals surface area contributed by atoms with Gasteiger partial charge in [-0.15, -0.1) is 10.2 Å². The molecule has 1 aliphatic carbocycles. The van der Waals surface area contributed by atoms with Crippen LogP contribution >= 0.6 is 23.4 Å². The molecule has 1 aliphatic rings. The number of hydrogen-bond donors (Lipinski definition) is 1. The van der Waals surface area contributed by atoms with Crippen molar-refractivity contribution < 1.29 is 9.53 Å². The van der Waals surface area contributed by atoms with E-state index in [1.165, 1.54) is 24.6 Å². The quantitative estimate of drug-likeness (QED) is 0.485. The second kappa shape index (κ2) is 10.2. The Morgan fingerprint density at radius 2 is 1.90 bits per heavy atom. The number of carbonyl (C=O) groups excluding carboxylic acids is 1. The molecule has 0 aliphatic heterocycles. The summed E-state index contributed by atoms with van der Waals surface area (Å²) < 4.78 is 7.88. The molecule has 1 fully saturated rings. The molecule has 3 aromatic rings. The van der Waals surface area contributed by atoms with E-state index >= 15 is 0 Å². The lowest BCUT2D eigenvalue weighted by atomic mass is 10.2. The van der Waals surface area contributed by atoms with E-state index < -0.39 is 0 Å². The maximum absolute atomic E-state index is 12.4. The first-order chi connectivity index (χ1) is 15.1. The average Bonchev–Trinajstić information content (AvgIpc) is 3.42. The van der Waals surface area contributed by atoms with Gasteiger partial charge in [-0.2, -0.15) is 0 Å². The molecule has 0 bridgehead atoms. The molecule has 0 saturated heterocycles. The maximum Gasteiger partial charge on any atom is 0.230 e. The van der Waals surface area contributed by atoms with Crippen LogP contribution in [0.5, 0.6) is 5.75 Å². The van der Waals surface area contributed by atoms with E-state index in [2.05, 4.69) is 15.5 Å². The summed E-state index contributed by atoms with van der Waals surface area (Å²) in [6, 6.07) is 15.6. The van der Waals surface area contributed by atoms with Crippen LogP contribution in [0.2, 0.25) is 5.02 Å². The first-order valence-electron chi connectivity index (χ1n) is 10.4. The molecule has 8 heteroatoms. The number of halogens is 1. The third-order valence-electron chi connectivity index (χ3n) is 5.29. The molecule has 4 rings (SSSR count). The lowest BCUT2D eigenvalue weighted by Crippen LogP contribution is -2.33. The highest BCUT2D eigenvalue weighted by atomic mass is 35.5. The molecular weight excluding hydrogens is 432 g/mol. The normalized spacial score (nSPS) is 14.0. The van der Waals surface area contributed by atoms with Crippen molar-refractivity contribution in [3.63, 3.8) is 0 Å². The van der Waals surface area contributed by atoms with E-state index in [1.54, 1.807) is 12.1 Å². The van der Waals surface area contributed by atoms with Crippen LogP contribution in [-0.4, -0.2) is 32.5 Å². The second-order valence-electron chi connectivity index (χ2n) is 7.60. The first-order valence-corrected chi connectivity index (χ1v) is 11.8. The van der Waals surface area contributed by atoms with Gasteiger partial charge in [0.2, 0.25) is 5.91 Å². The van der Waals surface area contributed by atoms with Gasteiger partial charge in [-0.25, -0.2) is 0 Å². The zero-order chi connectivity index (χ0) is 21.6. The Bertz CT molecular complexity index is 1030. The predicted molar refractivity (Wildman–Crippen MR) is 123 cm³/mol. The maximum atomic E-state index is 12.4. The number of thioether (sulfide) groups is 1. The van der Waals surface area contributed by atoms with Gasteiger partial charge in [0, 0.05) is 11.1 Å². The monoisotopic (exact) mass is 456 g/mol. The minimum Gasteiger partial charge on any atom is -0.486 e. The van der Waals surface area contributed by atoms with Crippen molar-refractivity contribution in [2.24, 2.45) is 0 Å². The lowest BCUT2D eigenvalue weighted by Gasteiger charge is -2.14.